The molecule has 7 atom stereocenters. The Morgan fingerprint density at radius 1 is 1.44 bits per heavy atom. The molecule has 11 nitrogen and oxygen atoms in total. The molecule has 1 aliphatic rings. The number of hydrogen-bond donors (Lipinski definition) is 5. The standard InChI is InChI=1S/C15H22N6O5S/c1-27(3-2-7(16)15(24)25)4-8-10(22)11(23)14(26-8)21-6-20-9-12(17)18-5-19-13(9)21/h5-8,10-11,14,22-23H,2-4,16H2,1H3,(H2-,17,18,19,24,25)/p+1/t7-,8+,10+,11+,14+,27?/m0/s1/i4D/t4-,7-,8+,10+,11+,14+,27?. The number of carbonyl (C=O) groups is 1. The van der Waals surface area contributed by atoms with Crippen LogP contribution in [-0.4, -0.2) is 82.9 Å². The zero-order chi connectivity index (χ0) is 20.6. The normalized spacial score (nSPS) is 29.4. The summed E-state index contributed by atoms with van der Waals surface area (Å²) in [5, 5.41) is 29.8. The van der Waals surface area contributed by atoms with Gasteiger partial charge in [-0.15, -0.1) is 0 Å². The Kier molecular flexibility index (Phi) is 5.41. The van der Waals surface area contributed by atoms with Crippen molar-refractivity contribution in [3.63, 3.8) is 0 Å². The number of anilines is 1. The number of aliphatic hydroxyl groups excluding tert-OH is 2. The van der Waals surface area contributed by atoms with E-state index in [1.165, 1.54) is 17.2 Å². The number of rotatable bonds is 7. The SMILES string of the molecule is [2H][C@@H]([C@H]1O[C@@H](n2cnc3c(N)ncnc32)[C@H](O)[C@@H]1O)[S+](C)CC[C@H](N)C(=O)O. The van der Waals surface area contributed by atoms with Crippen LogP contribution in [0.1, 0.15) is 14.0 Å². The summed E-state index contributed by atoms with van der Waals surface area (Å²) in [7, 11) is -0.613. The van der Waals surface area contributed by atoms with Gasteiger partial charge in [0.25, 0.3) is 0 Å². The second kappa shape index (κ2) is 7.94. The number of nitrogens with two attached hydrogens (primary N) is 2. The van der Waals surface area contributed by atoms with Crippen LogP contribution in [0.5, 0.6) is 0 Å². The molecule has 1 fully saturated rings. The summed E-state index contributed by atoms with van der Waals surface area (Å²) in [4.78, 5) is 22.9. The number of carboxylic acid groups (broad SMARTS) is 1. The Labute approximate surface area is 159 Å². The zero-order valence-electron chi connectivity index (χ0n) is 15.5. The maximum atomic E-state index is 10.8. The molecule has 3 rings (SSSR count). The highest BCUT2D eigenvalue weighted by atomic mass is 32.2. The van der Waals surface area contributed by atoms with Crippen molar-refractivity contribution in [1.82, 2.24) is 19.5 Å². The Hall–Kier alpha value is -1.99. The number of aliphatic carboxylic acids is 1. The molecule has 1 saturated heterocycles. The van der Waals surface area contributed by atoms with E-state index >= 15 is 0 Å². The second-order valence-electron chi connectivity index (χ2n) is 6.32. The summed E-state index contributed by atoms with van der Waals surface area (Å²) >= 11 is 0. The highest BCUT2D eigenvalue weighted by Gasteiger charge is 2.46. The summed E-state index contributed by atoms with van der Waals surface area (Å²) in [6.07, 6.45) is 0.0701. The van der Waals surface area contributed by atoms with Crippen molar-refractivity contribution in [2.75, 3.05) is 23.5 Å². The molecule has 7 N–H and O–H groups in total. The molecule has 1 aliphatic heterocycles. The number of nitrogens with zero attached hydrogens (tertiary/aromatic N) is 4. The Bertz CT molecular complexity index is 855. The summed E-state index contributed by atoms with van der Waals surface area (Å²) in [6, 6.07) is -1.00. The molecule has 0 aromatic carbocycles. The van der Waals surface area contributed by atoms with Gasteiger partial charge in [0.2, 0.25) is 0 Å². The molecule has 2 aromatic rings. The molecule has 2 aromatic heterocycles. The topological polar surface area (TPSA) is 183 Å². The first-order valence-corrected chi connectivity index (χ1v) is 10.1. The molecule has 1 unspecified atom stereocenters. The van der Waals surface area contributed by atoms with E-state index in [1.807, 2.05) is 0 Å². The van der Waals surface area contributed by atoms with E-state index in [9.17, 15) is 15.0 Å². The van der Waals surface area contributed by atoms with Crippen LogP contribution in [0.3, 0.4) is 0 Å². The first-order valence-electron chi connectivity index (χ1n) is 8.76. The maximum Gasteiger partial charge on any atom is 0.320 e. The number of imidazole rings is 1. The number of hydrogen-bond acceptors (Lipinski definition) is 9. The highest BCUT2D eigenvalue weighted by molar-refractivity contribution is 7.96. The maximum absolute atomic E-state index is 10.8. The number of aromatic nitrogens is 4. The van der Waals surface area contributed by atoms with Gasteiger partial charge in [0.1, 0.15) is 47.7 Å². The average Bonchev–Trinajstić information content (AvgIpc) is 3.21. The summed E-state index contributed by atoms with van der Waals surface area (Å²) < 4.78 is 15.7. The number of carboxylic acids is 1. The van der Waals surface area contributed by atoms with Crippen molar-refractivity contribution in [2.24, 2.45) is 5.73 Å². The van der Waals surface area contributed by atoms with Crippen LogP contribution in [0.25, 0.3) is 11.2 Å². The fourth-order valence-electron chi connectivity index (χ4n) is 2.82. The van der Waals surface area contributed by atoms with E-state index in [4.69, 9.17) is 22.7 Å². The first-order chi connectivity index (χ1) is 13.2. The van der Waals surface area contributed by atoms with Crippen LogP contribution in [0.4, 0.5) is 5.82 Å². The number of nitrogen functional groups attached to an aromatic ring is 1. The molecule has 12 heteroatoms. The minimum absolute atomic E-state index is 0.177. The van der Waals surface area contributed by atoms with Gasteiger partial charge in [-0.3, -0.25) is 9.36 Å². The monoisotopic (exact) mass is 400 g/mol. The van der Waals surface area contributed by atoms with E-state index in [1.54, 1.807) is 6.26 Å². The molecule has 0 radical (unpaired) electrons. The fraction of sp³-hybridized carbons (Fsp3) is 0.600. The Morgan fingerprint density at radius 2 is 2.19 bits per heavy atom. The molecule has 0 saturated carbocycles. The van der Waals surface area contributed by atoms with Gasteiger partial charge in [-0.2, -0.15) is 0 Å². The Morgan fingerprint density at radius 3 is 2.89 bits per heavy atom. The van der Waals surface area contributed by atoms with E-state index in [-0.39, 0.29) is 12.2 Å². The zero-order valence-corrected chi connectivity index (χ0v) is 15.4. The van der Waals surface area contributed by atoms with Crippen molar-refractivity contribution in [3.05, 3.63) is 12.7 Å². The molecule has 0 spiro atoms. The van der Waals surface area contributed by atoms with E-state index in [2.05, 4.69) is 15.0 Å². The van der Waals surface area contributed by atoms with Crippen molar-refractivity contribution in [2.45, 2.75) is 37.0 Å². The van der Waals surface area contributed by atoms with Crippen LogP contribution in [0.2, 0.25) is 0 Å². The Balaban J connectivity index is 1.74. The second-order valence-corrected chi connectivity index (χ2v) is 8.38. The first kappa shape index (κ1) is 18.4. The van der Waals surface area contributed by atoms with Gasteiger partial charge in [0.05, 0.1) is 14.0 Å². The number of ether oxygens (including phenoxy) is 1. The molecular weight excluding hydrogens is 376 g/mol. The van der Waals surface area contributed by atoms with Gasteiger partial charge < -0.3 is 31.5 Å². The number of aliphatic hydroxyl groups is 2. The molecule has 0 bridgehead atoms. The predicted octanol–water partition coefficient (Wildman–Crippen LogP) is -1.92. The summed E-state index contributed by atoms with van der Waals surface area (Å²) in [5.41, 5.74) is 11.1. The quantitative estimate of drug-likeness (QED) is 0.328. The molecular formula is C15H23N6O5S+. The van der Waals surface area contributed by atoms with Crippen molar-refractivity contribution in [3.8, 4) is 0 Å². The lowest BCUT2D eigenvalue weighted by atomic mass is 10.1. The smallest absolute Gasteiger partial charge is 0.320 e. The fourth-order valence-corrected chi connectivity index (χ4v) is 4.26. The van der Waals surface area contributed by atoms with E-state index in [0.29, 0.717) is 16.9 Å². The van der Waals surface area contributed by atoms with Crippen LogP contribution in [0.15, 0.2) is 12.7 Å². The third-order valence-electron chi connectivity index (χ3n) is 4.37. The van der Waals surface area contributed by atoms with Gasteiger partial charge in [-0.1, -0.05) is 0 Å². The predicted molar refractivity (Wildman–Crippen MR) is 98.9 cm³/mol. The van der Waals surface area contributed by atoms with Crippen LogP contribution >= 0.6 is 0 Å². The lowest BCUT2D eigenvalue weighted by molar-refractivity contribution is -0.138. The van der Waals surface area contributed by atoms with Crippen LogP contribution in [-0.2, 0) is 20.4 Å². The molecule has 3 heterocycles. The third kappa shape index (κ3) is 3.99. The van der Waals surface area contributed by atoms with Gasteiger partial charge >= 0.3 is 5.97 Å². The lowest BCUT2D eigenvalue weighted by Gasteiger charge is -2.16. The number of fused-ring (bicyclic) bond motifs is 1. The average molecular weight is 400 g/mol. The molecule has 27 heavy (non-hydrogen) atoms. The highest BCUT2D eigenvalue weighted by Crippen LogP contribution is 2.32. The molecule has 148 valence electrons. The van der Waals surface area contributed by atoms with Crippen molar-refractivity contribution < 1.29 is 26.2 Å². The van der Waals surface area contributed by atoms with Crippen LogP contribution in [0, 0.1) is 0 Å². The van der Waals surface area contributed by atoms with Gasteiger partial charge in [-0.25, -0.2) is 15.0 Å². The van der Waals surface area contributed by atoms with Crippen molar-refractivity contribution in [1.29, 1.82) is 0 Å². The van der Waals surface area contributed by atoms with Gasteiger partial charge in [0, 0.05) is 6.42 Å². The lowest BCUT2D eigenvalue weighted by Crippen LogP contribution is -2.37. The largest absolute Gasteiger partial charge is 0.480 e. The van der Waals surface area contributed by atoms with Crippen LogP contribution < -0.4 is 11.5 Å². The molecule has 0 amide bonds. The van der Waals surface area contributed by atoms with E-state index in [0.717, 1.165) is 0 Å². The van der Waals surface area contributed by atoms with E-state index < -0.39 is 53.2 Å². The van der Waals surface area contributed by atoms with Gasteiger partial charge in [-0.05, 0) is 10.9 Å². The minimum Gasteiger partial charge on any atom is -0.480 e. The summed E-state index contributed by atoms with van der Waals surface area (Å²) in [5.74, 6) is -0.525. The van der Waals surface area contributed by atoms with Gasteiger partial charge in [0.15, 0.2) is 17.7 Å². The third-order valence-corrected chi connectivity index (χ3v) is 5.98. The van der Waals surface area contributed by atoms with Crippen molar-refractivity contribution >= 4 is 33.8 Å². The minimum atomic E-state index is -1.30. The molecule has 0 aliphatic carbocycles. The summed E-state index contributed by atoms with van der Waals surface area (Å²) in [6.45, 7) is 0.